The molecule has 2 aromatic rings. The zero-order valence-electron chi connectivity index (χ0n) is 13.8. The molecule has 1 saturated heterocycles. The molecule has 1 aromatic heterocycles. The number of amides is 1. The number of aromatic amines is 1. The molecule has 3 rings (SSSR count). The van der Waals surface area contributed by atoms with Crippen LogP contribution in [0.3, 0.4) is 0 Å². The minimum atomic E-state index is -0.195. The number of hydrogen-bond donors (Lipinski definition) is 2. The van der Waals surface area contributed by atoms with E-state index in [2.05, 4.69) is 22.2 Å². The standard InChI is InChI=1S/C17H22N4O3/c1-2-3-6-18-15(22)12-4-5-13-14(11-12)19-17(20-16(13)23)21-7-9-24-10-8-21/h4-5,11H,2-3,6-10H2,1H3,(H,18,22)(H,19,20,23). The van der Waals surface area contributed by atoms with Crippen LogP contribution >= 0.6 is 0 Å². The molecule has 2 N–H and O–H groups in total. The second kappa shape index (κ2) is 7.44. The monoisotopic (exact) mass is 330 g/mol. The van der Waals surface area contributed by atoms with Crippen molar-refractivity contribution in [3.05, 3.63) is 34.1 Å². The number of aromatic nitrogens is 2. The number of morpholine rings is 1. The first-order valence-corrected chi connectivity index (χ1v) is 8.34. The maximum atomic E-state index is 12.3. The Labute approximate surface area is 140 Å². The van der Waals surface area contributed by atoms with Gasteiger partial charge in [-0.15, -0.1) is 0 Å². The smallest absolute Gasteiger partial charge is 0.260 e. The van der Waals surface area contributed by atoms with E-state index in [9.17, 15) is 9.59 Å². The predicted molar refractivity (Wildman–Crippen MR) is 92.6 cm³/mol. The maximum Gasteiger partial charge on any atom is 0.260 e. The summed E-state index contributed by atoms with van der Waals surface area (Å²) in [6, 6.07) is 4.99. The molecule has 0 bridgehead atoms. The Hall–Kier alpha value is -2.41. The lowest BCUT2D eigenvalue weighted by atomic mass is 10.1. The number of fused-ring (bicyclic) bond motifs is 1. The van der Waals surface area contributed by atoms with E-state index in [1.807, 2.05) is 4.90 Å². The highest BCUT2D eigenvalue weighted by atomic mass is 16.5. The topological polar surface area (TPSA) is 87.3 Å². The van der Waals surface area contributed by atoms with Gasteiger partial charge in [0.2, 0.25) is 5.95 Å². The average Bonchev–Trinajstić information content (AvgIpc) is 2.62. The van der Waals surface area contributed by atoms with Gasteiger partial charge in [-0.2, -0.15) is 0 Å². The molecule has 1 amide bonds. The molecule has 1 fully saturated rings. The van der Waals surface area contributed by atoms with Crippen molar-refractivity contribution >= 4 is 22.8 Å². The Morgan fingerprint density at radius 2 is 2.17 bits per heavy atom. The number of H-pyrrole nitrogens is 1. The van der Waals surface area contributed by atoms with Gasteiger partial charge in [0.15, 0.2) is 0 Å². The number of benzene rings is 1. The van der Waals surface area contributed by atoms with Gasteiger partial charge in [0.05, 0.1) is 24.1 Å². The van der Waals surface area contributed by atoms with Gasteiger partial charge in [-0.05, 0) is 24.6 Å². The fourth-order valence-corrected chi connectivity index (χ4v) is 2.67. The van der Waals surface area contributed by atoms with Gasteiger partial charge in [0, 0.05) is 25.2 Å². The fourth-order valence-electron chi connectivity index (χ4n) is 2.67. The molecule has 0 saturated carbocycles. The lowest BCUT2D eigenvalue weighted by Crippen LogP contribution is -2.38. The van der Waals surface area contributed by atoms with Crippen LogP contribution in [0.2, 0.25) is 0 Å². The van der Waals surface area contributed by atoms with Crippen LogP contribution in [0.1, 0.15) is 30.1 Å². The molecule has 1 aromatic carbocycles. The molecule has 24 heavy (non-hydrogen) atoms. The molecule has 128 valence electrons. The second-order valence-corrected chi connectivity index (χ2v) is 5.83. The van der Waals surface area contributed by atoms with E-state index in [0.717, 1.165) is 12.8 Å². The Kier molecular flexibility index (Phi) is 5.10. The van der Waals surface area contributed by atoms with Crippen molar-refractivity contribution in [2.24, 2.45) is 0 Å². The van der Waals surface area contributed by atoms with Crippen molar-refractivity contribution in [3.8, 4) is 0 Å². The third kappa shape index (κ3) is 3.56. The van der Waals surface area contributed by atoms with Crippen molar-refractivity contribution in [1.29, 1.82) is 0 Å². The summed E-state index contributed by atoms with van der Waals surface area (Å²) < 4.78 is 5.32. The molecule has 0 radical (unpaired) electrons. The number of rotatable bonds is 5. The van der Waals surface area contributed by atoms with Crippen LogP contribution in [0, 0.1) is 0 Å². The van der Waals surface area contributed by atoms with Gasteiger partial charge < -0.3 is 15.0 Å². The van der Waals surface area contributed by atoms with E-state index in [4.69, 9.17) is 4.74 Å². The van der Waals surface area contributed by atoms with E-state index in [1.54, 1.807) is 18.2 Å². The maximum absolute atomic E-state index is 12.3. The summed E-state index contributed by atoms with van der Waals surface area (Å²) in [5.74, 6) is 0.389. The van der Waals surface area contributed by atoms with E-state index in [-0.39, 0.29) is 11.5 Å². The quantitative estimate of drug-likeness (QED) is 0.807. The highest BCUT2D eigenvalue weighted by Gasteiger charge is 2.15. The van der Waals surface area contributed by atoms with Crippen LogP contribution in [0.15, 0.2) is 23.0 Å². The molecule has 2 heterocycles. The van der Waals surface area contributed by atoms with Crippen molar-refractivity contribution in [2.75, 3.05) is 37.7 Å². The molecular weight excluding hydrogens is 308 g/mol. The minimum Gasteiger partial charge on any atom is -0.378 e. The zero-order chi connectivity index (χ0) is 16.9. The van der Waals surface area contributed by atoms with Crippen LogP contribution in [-0.2, 0) is 4.74 Å². The largest absolute Gasteiger partial charge is 0.378 e. The average molecular weight is 330 g/mol. The Bertz CT molecular complexity index is 781. The molecule has 0 atom stereocenters. The Morgan fingerprint density at radius 3 is 2.92 bits per heavy atom. The van der Waals surface area contributed by atoms with Gasteiger partial charge in [-0.3, -0.25) is 14.6 Å². The molecule has 7 nitrogen and oxygen atoms in total. The van der Waals surface area contributed by atoms with E-state index in [1.165, 1.54) is 0 Å². The molecule has 1 aliphatic heterocycles. The van der Waals surface area contributed by atoms with Gasteiger partial charge in [0.1, 0.15) is 0 Å². The molecule has 7 heteroatoms. The molecule has 1 aliphatic rings. The zero-order valence-corrected chi connectivity index (χ0v) is 13.8. The summed E-state index contributed by atoms with van der Waals surface area (Å²) >= 11 is 0. The summed E-state index contributed by atoms with van der Waals surface area (Å²) in [5.41, 5.74) is 0.854. The molecule has 0 unspecified atom stereocenters. The van der Waals surface area contributed by atoms with Gasteiger partial charge >= 0.3 is 0 Å². The minimum absolute atomic E-state index is 0.139. The number of anilines is 1. The third-order valence-electron chi connectivity index (χ3n) is 4.08. The number of hydrogen-bond acceptors (Lipinski definition) is 5. The summed E-state index contributed by atoms with van der Waals surface area (Å²) in [6.07, 6.45) is 1.97. The summed E-state index contributed by atoms with van der Waals surface area (Å²) in [7, 11) is 0. The van der Waals surface area contributed by atoms with Crippen molar-refractivity contribution in [1.82, 2.24) is 15.3 Å². The van der Waals surface area contributed by atoms with E-state index < -0.39 is 0 Å². The van der Waals surface area contributed by atoms with Crippen molar-refractivity contribution in [3.63, 3.8) is 0 Å². The van der Waals surface area contributed by atoms with Crippen molar-refractivity contribution < 1.29 is 9.53 Å². The number of nitrogens with one attached hydrogen (secondary N) is 2. The lowest BCUT2D eigenvalue weighted by molar-refractivity contribution is 0.0953. The number of ether oxygens (including phenoxy) is 1. The first kappa shape index (κ1) is 16.4. The van der Waals surface area contributed by atoms with Crippen LogP contribution in [-0.4, -0.2) is 48.7 Å². The summed E-state index contributed by atoms with van der Waals surface area (Å²) in [4.78, 5) is 33.8. The van der Waals surface area contributed by atoms with Crippen LogP contribution < -0.4 is 15.8 Å². The summed E-state index contributed by atoms with van der Waals surface area (Å²) in [6.45, 7) is 5.32. The second-order valence-electron chi connectivity index (χ2n) is 5.83. The predicted octanol–water partition coefficient (Wildman–Crippen LogP) is 1.29. The van der Waals surface area contributed by atoms with Gasteiger partial charge in [-0.1, -0.05) is 13.3 Å². The lowest BCUT2D eigenvalue weighted by Gasteiger charge is -2.27. The fraction of sp³-hybridized carbons (Fsp3) is 0.471. The number of carbonyl (C=O) groups excluding carboxylic acids is 1. The number of nitrogens with zero attached hydrogens (tertiary/aromatic N) is 2. The number of carbonyl (C=O) groups is 1. The van der Waals surface area contributed by atoms with Gasteiger partial charge in [0.25, 0.3) is 11.5 Å². The SMILES string of the molecule is CCCCNC(=O)c1ccc2c(=O)[nH]c(N3CCOCC3)nc2c1. The Balaban J connectivity index is 1.89. The van der Waals surface area contributed by atoms with Crippen LogP contribution in [0.25, 0.3) is 10.9 Å². The van der Waals surface area contributed by atoms with E-state index >= 15 is 0 Å². The normalized spacial score (nSPS) is 14.8. The molecular formula is C17H22N4O3. The highest BCUT2D eigenvalue weighted by molar-refractivity contribution is 5.97. The number of unbranched alkanes of at least 4 members (excludes halogenated alkanes) is 1. The first-order valence-electron chi connectivity index (χ1n) is 8.34. The third-order valence-corrected chi connectivity index (χ3v) is 4.08. The van der Waals surface area contributed by atoms with Crippen LogP contribution in [0.5, 0.6) is 0 Å². The molecule has 0 aliphatic carbocycles. The van der Waals surface area contributed by atoms with Crippen LogP contribution in [0.4, 0.5) is 5.95 Å². The van der Waals surface area contributed by atoms with Gasteiger partial charge in [-0.25, -0.2) is 4.98 Å². The van der Waals surface area contributed by atoms with E-state index in [0.29, 0.717) is 55.3 Å². The van der Waals surface area contributed by atoms with Crippen molar-refractivity contribution in [2.45, 2.75) is 19.8 Å². The highest BCUT2D eigenvalue weighted by Crippen LogP contribution is 2.15. The Morgan fingerprint density at radius 1 is 1.38 bits per heavy atom. The molecule has 0 spiro atoms. The first-order chi connectivity index (χ1) is 11.7. The summed E-state index contributed by atoms with van der Waals surface area (Å²) in [5, 5.41) is 3.36.